The molecule has 1 heterocycles. The van der Waals surface area contributed by atoms with E-state index >= 15 is 0 Å². The summed E-state index contributed by atoms with van der Waals surface area (Å²) in [5.74, 6) is -1.06. The van der Waals surface area contributed by atoms with E-state index in [9.17, 15) is 14.4 Å². The predicted molar refractivity (Wildman–Crippen MR) is 89.5 cm³/mol. The summed E-state index contributed by atoms with van der Waals surface area (Å²) in [6, 6.07) is 6.88. The van der Waals surface area contributed by atoms with E-state index in [-0.39, 0.29) is 18.0 Å². The second kappa shape index (κ2) is 6.82. The van der Waals surface area contributed by atoms with Crippen molar-refractivity contribution in [2.75, 3.05) is 0 Å². The standard InChI is InChI=1S/C17H21N3O4/c1-11(15(22)19-17(2,3)4)24-14(21)9-20-10-18-13-8-6-5-7-12(13)16(20)23/h5-8,10-11H,9H2,1-4H3,(H,19,22)/t11-/m1/s1. The Labute approximate surface area is 139 Å². The smallest absolute Gasteiger partial charge is 0.326 e. The van der Waals surface area contributed by atoms with Crippen molar-refractivity contribution in [1.82, 2.24) is 14.9 Å². The summed E-state index contributed by atoms with van der Waals surface area (Å²) in [4.78, 5) is 40.4. The van der Waals surface area contributed by atoms with Gasteiger partial charge in [0.15, 0.2) is 6.10 Å². The zero-order valence-corrected chi connectivity index (χ0v) is 14.2. The zero-order chi connectivity index (χ0) is 17.9. The number of benzene rings is 1. The number of fused-ring (bicyclic) bond motifs is 1. The fraction of sp³-hybridized carbons (Fsp3) is 0.412. The minimum absolute atomic E-state index is 0.302. The number of ether oxygens (including phenoxy) is 1. The quantitative estimate of drug-likeness (QED) is 0.851. The highest BCUT2D eigenvalue weighted by Crippen LogP contribution is 2.05. The van der Waals surface area contributed by atoms with Crippen molar-refractivity contribution in [3.8, 4) is 0 Å². The molecule has 0 saturated carbocycles. The van der Waals surface area contributed by atoms with Crippen molar-refractivity contribution in [3.63, 3.8) is 0 Å². The number of rotatable bonds is 4. The maximum Gasteiger partial charge on any atom is 0.326 e. The number of nitrogens with one attached hydrogen (secondary N) is 1. The summed E-state index contributed by atoms with van der Waals surface area (Å²) in [7, 11) is 0. The fourth-order valence-electron chi connectivity index (χ4n) is 2.12. The van der Waals surface area contributed by atoms with Gasteiger partial charge in [0.05, 0.1) is 17.2 Å². The molecule has 0 spiro atoms. The molecule has 0 aliphatic carbocycles. The number of hydrogen-bond acceptors (Lipinski definition) is 5. The second-order valence-corrected chi connectivity index (χ2v) is 6.57. The maximum atomic E-state index is 12.3. The molecule has 128 valence electrons. The number of nitrogens with zero attached hydrogens (tertiary/aromatic N) is 2. The van der Waals surface area contributed by atoms with Gasteiger partial charge in [0.25, 0.3) is 11.5 Å². The lowest BCUT2D eigenvalue weighted by molar-refractivity contribution is -0.156. The molecule has 0 saturated heterocycles. The van der Waals surface area contributed by atoms with E-state index in [1.807, 2.05) is 20.8 Å². The van der Waals surface area contributed by atoms with Gasteiger partial charge in [0.2, 0.25) is 0 Å². The Morgan fingerprint density at radius 2 is 1.96 bits per heavy atom. The van der Waals surface area contributed by atoms with Crippen LogP contribution in [0.1, 0.15) is 27.7 Å². The topological polar surface area (TPSA) is 90.3 Å². The van der Waals surface area contributed by atoms with Crippen LogP contribution in [0.4, 0.5) is 0 Å². The summed E-state index contributed by atoms with van der Waals surface area (Å²) in [6.45, 7) is 6.68. The average Bonchev–Trinajstić information content (AvgIpc) is 2.48. The van der Waals surface area contributed by atoms with Gasteiger partial charge in [-0.2, -0.15) is 0 Å². The van der Waals surface area contributed by atoms with Crippen LogP contribution in [-0.4, -0.2) is 33.1 Å². The molecule has 1 atom stereocenters. The van der Waals surface area contributed by atoms with Gasteiger partial charge >= 0.3 is 5.97 Å². The van der Waals surface area contributed by atoms with E-state index in [2.05, 4.69) is 10.3 Å². The number of hydrogen-bond donors (Lipinski definition) is 1. The Hall–Kier alpha value is -2.70. The summed E-state index contributed by atoms with van der Waals surface area (Å²) in [5.41, 5.74) is -0.189. The Balaban J connectivity index is 2.06. The SMILES string of the molecule is C[C@@H](OC(=O)Cn1cnc2ccccc2c1=O)C(=O)NC(C)(C)C. The Kier molecular flexibility index (Phi) is 5.02. The Morgan fingerprint density at radius 1 is 1.29 bits per heavy atom. The number of aromatic nitrogens is 2. The first kappa shape index (κ1) is 17.7. The van der Waals surface area contributed by atoms with Gasteiger partial charge in [0.1, 0.15) is 6.54 Å². The van der Waals surface area contributed by atoms with Crippen LogP contribution >= 0.6 is 0 Å². The van der Waals surface area contributed by atoms with Crippen LogP contribution in [0.2, 0.25) is 0 Å². The van der Waals surface area contributed by atoms with E-state index in [0.717, 1.165) is 0 Å². The highest BCUT2D eigenvalue weighted by Gasteiger charge is 2.22. The number of esters is 1. The van der Waals surface area contributed by atoms with Crippen molar-refractivity contribution < 1.29 is 14.3 Å². The molecular weight excluding hydrogens is 310 g/mol. The van der Waals surface area contributed by atoms with Crippen molar-refractivity contribution in [1.29, 1.82) is 0 Å². The van der Waals surface area contributed by atoms with Crippen LogP contribution in [0.5, 0.6) is 0 Å². The molecule has 0 radical (unpaired) electrons. The lowest BCUT2D eigenvalue weighted by Gasteiger charge is -2.23. The summed E-state index contributed by atoms with van der Waals surface area (Å²) >= 11 is 0. The van der Waals surface area contributed by atoms with Gasteiger partial charge in [-0.25, -0.2) is 4.98 Å². The van der Waals surface area contributed by atoms with Crippen LogP contribution in [0.25, 0.3) is 10.9 Å². The van der Waals surface area contributed by atoms with E-state index in [1.54, 1.807) is 24.3 Å². The minimum Gasteiger partial charge on any atom is -0.451 e. The van der Waals surface area contributed by atoms with Crippen LogP contribution in [0.3, 0.4) is 0 Å². The summed E-state index contributed by atoms with van der Waals surface area (Å²) in [6.07, 6.45) is 0.354. The van der Waals surface area contributed by atoms with Gasteiger partial charge in [-0.3, -0.25) is 19.0 Å². The van der Waals surface area contributed by atoms with E-state index < -0.39 is 17.6 Å². The molecule has 1 aromatic heterocycles. The average molecular weight is 331 g/mol. The molecule has 2 aromatic rings. The third-order valence-electron chi connectivity index (χ3n) is 3.21. The molecule has 1 aromatic carbocycles. The highest BCUT2D eigenvalue weighted by atomic mass is 16.5. The highest BCUT2D eigenvalue weighted by molar-refractivity contribution is 5.84. The van der Waals surface area contributed by atoms with E-state index in [0.29, 0.717) is 10.9 Å². The normalized spacial score (nSPS) is 12.7. The molecule has 7 nitrogen and oxygen atoms in total. The van der Waals surface area contributed by atoms with Crippen LogP contribution < -0.4 is 10.9 Å². The number of amides is 1. The lowest BCUT2D eigenvalue weighted by Crippen LogP contribution is -2.46. The Bertz CT molecular complexity index is 820. The van der Waals surface area contributed by atoms with Crippen LogP contribution in [0, 0.1) is 0 Å². The maximum absolute atomic E-state index is 12.3. The monoisotopic (exact) mass is 331 g/mol. The molecule has 7 heteroatoms. The van der Waals surface area contributed by atoms with Gasteiger partial charge in [-0.1, -0.05) is 12.1 Å². The molecule has 24 heavy (non-hydrogen) atoms. The van der Waals surface area contributed by atoms with Crippen LogP contribution in [-0.2, 0) is 20.9 Å². The summed E-state index contributed by atoms with van der Waals surface area (Å²) in [5, 5.41) is 3.15. The Morgan fingerprint density at radius 3 is 2.62 bits per heavy atom. The van der Waals surface area contributed by atoms with Gasteiger partial charge < -0.3 is 10.1 Å². The molecule has 0 fully saturated rings. The molecule has 2 rings (SSSR count). The van der Waals surface area contributed by atoms with Crippen molar-refractivity contribution in [3.05, 3.63) is 40.9 Å². The predicted octanol–water partition coefficient (Wildman–Crippen LogP) is 1.24. The van der Waals surface area contributed by atoms with Gasteiger partial charge in [-0.15, -0.1) is 0 Å². The van der Waals surface area contributed by atoms with E-state index in [4.69, 9.17) is 4.74 Å². The third-order valence-corrected chi connectivity index (χ3v) is 3.21. The second-order valence-electron chi connectivity index (χ2n) is 6.57. The van der Waals surface area contributed by atoms with Crippen molar-refractivity contribution in [2.45, 2.75) is 45.9 Å². The van der Waals surface area contributed by atoms with Gasteiger partial charge in [-0.05, 0) is 39.8 Å². The zero-order valence-electron chi connectivity index (χ0n) is 14.2. The lowest BCUT2D eigenvalue weighted by atomic mass is 10.1. The van der Waals surface area contributed by atoms with Crippen molar-refractivity contribution >= 4 is 22.8 Å². The van der Waals surface area contributed by atoms with Gasteiger partial charge in [0, 0.05) is 5.54 Å². The van der Waals surface area contributed by atoms with Crippen molar-refractivity contribution in [2.24, 2.45) is 0 Å². The molecule has 1 amide bonds. The summed E-state index contributed by atoms with van der Waals surface area (Å²) < 4.78 is 6.26. The van der Waals surface area contributed by atoms with Crippen LogP contribution in [0.15, 0.2) is 35.4 Å². The first-order chi connectivity index (χ1) is 11.2. The first-order valence-electron chi connectivity index (χ1n) is 7.63. The molecule has 1 N–H and O–H groups in total. The minimum atomic E-state index is -0.944. The fourth-order valence-corrected chi connectivity index (χ4v) is 2.12. The molecule has 0 aliphatic heterocycles. The number of carbonyl (C=O) groups is 2. The van der Waals surface area contributed by atoms with E-state index in [1.165, 1.54) is 17.8 Å². The third kappa shape index (κ3) is 4.41. The molecule has 0 unspecified atom stereocenters. The number of para-hydroxylation sites is 1. The molecular formula is C17H21N3O4. The molecule has 0 aliphatic rings. The first-order valence-corrected chi connectivity index (χ1v) is 7.63. The molecule has 0 bridgehead atoms. The number of carbonyl (C=O) groups excluding carboxylic acids is 2. The largest absolute Gasteiger partial charge is 0.451 e.